The number of hydrogen-bond acceptors (Lipinski definition) is 3. The van der Waals surface area contributed by atoms with Crippen molar-refractivity contribution in [1.29, 1.82) is 0 Å². The van der Waals surface area contributed by atoms with Crippen LogP contribution in [0.3, 0.4) is 0 Å². The summed E-state index contributed by atoms with van der Waals surface area (Å²) < 4.78 is 2.45. The molecule has 10 rings (SSSR count). The lowest BCUT2D eigenvalue weighted by Gasteiger charge is -2.16. The molecule has 220 valence electrons. The highest BCUT2D eigenvalue weighted by molar-refractivity contribution is 6.18. The van der Waals surface area contributed by atoms with Crippen LogP contribution < -0.4 is 0 Å². The van der Waals surface area contributed by atoms with Gasteiger partial charge in [-0.2, -0.15) is 0 Å². The standard InChI is InChI=1S/C43H28N4/c1-3-11-28(12-4-1)41-44-42(29-13-5-2-6-14-29)46-43(45-41)30-21-23-31(24-22-30)47-37-20-8-7-17-32(37)35-26-25-34-33-18-9-15-27-16-10-19-36(38(27)33)39(34)40(35)47/h1-9,11-15,17-26H,10,16H2. The fourth-order valence-corrected chi connectivity index (χ4v) is 7.57. The topological polar surface area (TPSA) is 43.6 Å². The first kappa shape index (κ1) is 26.1. The summed E-state index contributed by atoms with van der Waals surface area (Å²) in [5.74, 6) is 1.98. The summed E-state index contributed by atoms with van der Waals surface area (Å²) in [5.41, 5.74) is 14.8. The minimum atomic E-state index is 0.655. The molecule has 2 aliphatic carbocycles. The number of para-hydroxylation sites is 1. The Bertz CT molecular complexity index is 2490. The molecule has 0 radical (unpaired) electrons. The van der Waals surface area contributed by atoms with Gasteiger partial charge in [-0.25, -0.2) is 15.0 Å². The molecule has 0 amide bonds. The fourth-order valence-electron chi connectivity index (χ4n) is 7.57. The molecule has 0 unspecified atom stereocenters. The molecule has 0 saturated carbocycles. The molecule has 0 spiro atoms. The highest BCUT2D eigenvalue weighted by Crippen LogP contribution is 2.52. The van der Waals surface area contributed by atoms with Gasteiger partial charge in [0.05, 0.1) is 11.0 Å². The van der Waals surface area contributed by atoms with E-state index in [1.54, 1.807) is 0 Å². The Kier molecular flexibility index (Phi) is 5.67. The predicted molar refractivity (Wildman–Crippen MR) is 191 cm³/mol. The molecular weight excluding hydrogens is 573 g/mol. The molecule has 0 bridgehead atoms. The quantitative estimate of drug-likeness (QED) is 0.202. The molecular formula is C43H28N4. The van der Waals surface area contributed by atoms with E-state index in [1.807, 2.05) is 60.7 Å². The lowest BCUT2D eigenvalue weighted by atomic mass is 9.90. The number of aryl methyl sites for hydroxylation is 1. The second kappa shape index (κ2) is 10.2. The molecule has 2 aliphatic rings. The summed E-state index contributed by atoms with van der Waals surface area (Å²) in [6.45, 7) is 0. The first-order valence-corrected chi connectivity index (χ1v) is 16.2. The predicted octanol–water partition coefficient (Wildman–Crippen LogP) is 10.3. The molecule has 4 nitrogen and oxygen atoms in total. The average Bonchev–Trinajstić information content (AvgIpc) is 3.66. The van der Waals surface area contributed by atoms with Crippen molar-refractivity contribution in [3.8, 4) is 51.0 Å². The fraction of sp³-hybridized carbons (Fsp3) is 0.0465. The van der Waals surface area contributed by atoms with Crippen molar-refractivity contribution in [2.24, 2.45) is 0 Å². The van der Waals surface area contributed by atoms with Crippen molar-refractivity contribution < 1.29 is 0 Å². The van der Waals surface area contributed by atoms with E-state index < -0.39 is 0 Å². The van der Waals surface area contributed by atoms with Crippen LogP contribution >= 0.6 is 0 Å². The molecule has 4 heteroatoms. The van der Waals surface area contributed by atoms with Gasteiger partial charge < -0.3 is 4.57 Å². The molecule has 0 atom stereocenters. The summed E-state index contributed by atoms with van der Waals surface area (Å²) in [5, 5.41) is 2.54. The van der Waals surface area contributed by atoms with Gasteiger partial charge in [0.1, 0.15) is 0 Å². The molecule has 0 fully saturated rings. The van der Waals surface area contributed by atoms with E-state index in [-0.39, 0.29) is 0 Å². The number of aromatic nitrogens is 4. The van der Waals surface area contributed by atoms with Crippen molar-refractivity contribution in [3.63, 3.8) is 0 Å². The summed E-state index contributed by atoms with van der Waals surface area (Å²) >= 11 is 0. The van der Waals surface area contributed by atoms with Crippen LogP contribution in [-0.4, -0.2) is 19.5 Å². The molecule has 0 saturated heterocycles. The summed E-state index contributed by atoms with van der Waals surface area (Å²) in [6, 6.07) is 49.2. The molecule has 8 aromatic rings. The molecule has 2 heterocycles. The van der Waals surface area contributed by atoms with E-state index in [0.29, 0.717) is 17.5 Å². The van der Waals surface area contributed by atoms with Gasteiger partial charge in [-0.3, -0.25) is 0 Å². The van der Waals surface area contributed by atoms with Gasteiger partial charge in [0.25, 0.3) is 0 Å². The van der Waals surface area contributed by atoms with Crippen molar-refractivity contribution in [3.05, 3.63) is 162 Å². The number of rotatable bonds is 4. The zero-order valence-corrected chi connectivity index (χ0v) is 25.6. The van der Waals surface area contributed by atoms with E-state index >= 15 is 0 Å². The molecule has 47 heavy (non-hydrogen) atoms. The third-order valence-corrected chi connectivity index (χ3v) is 9.66. The number of allylic oxidation sites excluding steroid dienone is 1. The van der Waals surface area contributed by atoms with Crippen molar-refractivity contribution in [2.75, 3.05) is 0 Å². The number of hydrogen-bond donors (Lipinski definition) is 0. The van der Waals surface area contributed by atoms with Crippen molar-refractivity contribution in [1.82, 2.24) is 19.5 Å². The van der Waals surface area contributed by atoms with Gasteiger partial charge in [0, 0.05) is 38.7 Å². The van der Waals surface area contributed by atoms with Crippen LogP contribution in [0.1, 0.15) is 23.1 Å². The first-order valence-electron chi connectivity index (χ1n) is 16.2. The highest BCUT2D eigenvalue weighted by Gasteiger charge is 2.31. The lowest BCUT2D eigenvalue weighted by Crippen LogP contribution is -2.01. The monoisotopic (exact) mass is 600 g/mol. The Morgan fingerprint density at radius 2 is 1.09 bits per heavy atom. The van der Waals surface area contributed by atoms with Crippen LogP contribution in [0.25, 0.3) is 78.4 Å². The number of nitrogens with zero attached hydrogens (tertiary/aromatic N) is 4. The van der Waals surface area contributed by atoms with Gasteiger partial charge >= 0.3 is 0 Å². The van der Waals surface area contributed by atoms with Crippen LogP contribution in [0, 0.1) is 0 Å². The molecule has 6 aromatic carbocycles. The SMILES string of the molecule is C1=C2c3c(cccc3-c3ccc4c5ccccc5n(-c5ccc(-c6nc(-c7ccccc7)nc(-c7ccccc7)n6)cc5)c4c32)CC1. The minimum absolute atomic E-state index is 0.655. The molecule has 0 aliphatic heterocycles. The van der Waals surface area contributed by atoms with Gasteiger partial charge in [0.2, 0.25) is 0 Å². The maximum absolute atomic E-state index is 4.96. The number of benzene rings is 6. The van der Waals surface area contributed by atoms with Crippen molar-refractivity contribution >= 4 is 27.4 Å². The summed E-state index contributed by atoms with van der Waals surface area (Å²) in [6.07, 6.45) is 4.62. The molecule has 2 aromatic heterocycles. The summed E-state index contributed by atoms with van der Waals surface area (Å²) in [4.78, 5) is 14.8. The van der Waals surface area contributed by atoms with Crippen LogP contribution in [0.5, 0.6) is 0 Å². The zero-order valence-electron chi connectivity index (χ0n) is 25.6. The highest BCUT2D eigenvalue weighted by atomic mass is 15.0. The Labute approximate surface area is 272 Å². The minimum Gasteiger partial charge on any atom is -0.309 e. The van der Waals surface area contributed by atoms with E-state index in [4.69, 9.17) is 15.0 Å². The lowest BCUT2D eigenvalue weighted by molar-refractivity contribution is 0.982. The van der Waals surface area contributed by atoms with E-state index in [1.165, 1.54) is 55.2 Å². The van der Waals surface area contributed by atoms with E-state index in [2.05, 4.69) is 89.5 Å². The Morgan fingerprint density at radius 3 is 1.79 bits per heavy atom. The zero-order chi connectivity index (χ0) is 30.9. The van der Waals surface area contributed by atoms with E-state index in [0.717, 1.165) is 35.2 Å². The second-order valence-electron chi connectivity index (χ2n) is 12.3. The second-order valence-corrected chi connectivity index (χ2v) is 12.3. The largest absolute Gasteiger partial charge is 0.309 e. The van der Waals surface area contributed by atoms with Crippen LogP contribution in [0.2, 0.25) is 0 Å². The number of fused-ring (bicyclic) bond motifs is 7. The first-order chi connectivity index (χ1) is 23.3. The van der Waals surface area contributed by atoms with Crippen molar-refractivity contribution in [2.45, 2.75) is 12.8 Å². The van der Waals surface area contributed by atoms with Crippen LogP contribution in [0.4, 0.5) is 0 Å². The Morgan fingerprint density at radius 1 is 0.468 bits per heavy atom. The normalized spacial score (nSPS) is 13.1. The third-order valence-electron chi connectivity index (χ3n) is 9.66. The van der Waals surface area contributed by atoms with Gasteiger partial charge in [-0.1, -0.05) is 115 Å². The Hall–Kier alpha value is -6.13. The third kappa shape index (κ3) is 3.98. The molecule has 0 N–H and O–H groups in total. The van der Waals surface area contributed by atoms with Gasteiger partial charge in [0.15, 0.2) is 17.5 Å². The van der Waals surface area contributed by atoms with Crippen LogP contribution in [0.15, 0.2) is 146 Å². The van der Waals surface area contributed by atoms with Gasteiger partial charge in [-0.05, 0) is 71.0 Å². The smallest absolute Gasteiger partial charge is 0.164 e. The van der Waals surface area contributed by atoms with Gasteiger partial charge in [-0.15, -0.1) is 0 Å². The average molecular weight is 601 g/mol. The van der Waals surface area contributed by atoms with Crippen LogP contribution in [-0.2, 0) is 6.42 Å². The maximum atomic E-state index is 4.96. The summed E-state index contributed by atoms with van der Waals surface area (Å²) in [7, 11) is 0. The van der Waals surface area contributed by atoms with E-state index in [9.17, 15) is 0 Å². The Balaban J connectivity index is 1.16. The maximum Gasteiger partial charge on any atom is 0.164 e.